The fraction of sp³-hybridized carbons (Fsp3) is 0.647. The molecule has 3 rings (SSSR count). The van der Waals surface area contributed by atoms with Crippen molar-refractivity contribution in [3.63, 3.8) is 0 Å². The van der Waals surface area contributed by atoms with E-state index in [4.69, 9.17) is 5.73 Å². The van der Waals surface area contributed by atoms with E-state index < -0.39 is 18.0 Å². The Morgan fingerprint density at radius 3 is 2.58 bits per heavy atom. The quantitative estimate of drug-likeness (QED) is 0.589. The van der Waals surface area contributed by atoms with Gasteiger partial charge in [0.1, 0.15) is 5.70 Å². The standard InChI is InChI=1S/C17H25N3O4/c1-8(18)4-11-5-19(6-11)7-12-9(2)14-13(10(3)21)16(22)20(14)15(12)17(23)24/h9-11,13-14,21H,1,4-7,18H2,2-3H3,(H,23,24)/t9-,10+,13?,14?/m0/s1. The van der Waals surface area contributed by atoms with Crippen LogP contribution in [0.15, 0.2) is 23.5 Å². The molecule has 7 nitrogen and oxygen atoms in total. The maximum Gasteiger partial charge on any atom is 0.352 e. The summed E-state index contributed by atoms with van der Waals surface area (Å²) in [6.45, 7) is 9.52. The zero-order valence-corrected chi connectivity index (χ0v) is 14.1. The number of nitrogens with two attached hydrogens (primary N) is 1. The summed E-state index contributed by atoms with van der Waals surface area (Å²) in [6, 6.07) is -0.237. The summed E-state index contributed by atoms with van der Waals surface area (Å²) < 4.78 is 0. The van der Waals surface area contributed by atoms with Crippen LogP contribution in [0.1, 0.15) is 20.3 Å². The first-order chi connectivity index (χ1) is 11.2. The number of carbonyl (C=O) groups is 2. The second-order valence-electron chi connectivity index (χ2n) is 7.36. The summed E-state index contributed by atoms with van der Waals surface area (Å²) in [5, 5.41) is 19.4. The molecule has 0 saturated carbocycles. The Kier molecular flexibility index (Phi) is 4.17. The van der Waals surface area contributed by atoms with Crippen molar-refractivity contribution in [2.45, 2.75) is 32.4 Å². The molecule has 2 saturated heterocycles. The molecule has 0 spiro atoms. The molecule has 0 aromatic carbocycles. The Hall–Kier alpha value is -1.86. The van der Waals surface area contributed by atoms with Gasteiger partial charge in [-0.2, -0.15) is 0 Å². The first kappa shape index (κ1) is 17.0. The fourth-order valence-corrected chi connectivity index (χ4v) is 4.40. The zero-order chi connectivity index (χ0) is 17.8. The lowest BCUT2D eigenvalue weighted by Gasteiger charge is -2.46. The van der Waals surface area contributed by atoms with Crippen LogP contribution in [0.4, 0.5) is 0 Å². The van der Waals surface area contributed by atoms with Gasteiger partial charge in [-0.15, -0.1) is 0 Å². The third-order valence-corrected chi connectivity index (χ3v) is 5.50. The van der Waals surface area contributed by atoms with E-state index in [-0.39, 0.29) is 23.6 Å². The number of aliphatic hydroxyl groups is 1. The Balaban J connectivity index is 1.74. The Labute approximate surface area is 141 Å². The van der Waals surface area contributed by atoms with Gasteiger partial charge in [-0.3, -0.25) is 9.69 Å². The van der Waals surface area contributed by atoms with E-state index in [2.05, 4.69) is 11.5 Å². The molecular formula is C17H25N3O4. The van der Waals surface area contributed by atoms with E-state index in [9.17, 15) is 19.8 Å². The van der Waals surface area contributed by atoms with Crippen LogP contribution in [-0.4, -0.2) is 63.7 Å². The fourth-order valence-electron chi connectivity index (χ4n) is 4.40. The number of rotatable bonds is 6. The number of likely N-dealkylation sites (tertiary alicyclic amines) is 1. The minimum absolute atomic E-state index is 0.0584. The number of hydrogen-bond donors (Lipinski definition) is 3. The highest BCUT2D eigenvalue weighted by atomic mass is 16.4. The smallest absolute Gasteiger partial charge is 0.352 e. The summed E-state index contributed by atoms with van der Waals surface area (Å²) in [6.07, 6.45) is 0.0216. The molecule has 7 heteroatoms. The van der Waals surface area contributed by atoms with Crippen LogP contribution in [0.2, 0.25) is 0 Å². The summed E-state index contributed by atoms with van der Waals surface area (Å²) in [7, 11) is 0. The Morgan fingerprint density at radius 1 is 1.46 bits per heavy atom. The minimum atomic E-state index is -1.07. The molecule has 4 N–H and O–H groups in total. The maximum absolute atomic E-state index is 12.3. The number of β-lactam (4-membered cyclic amide) rings is 1. The predicted molar refractivity (Wildman–Crippen MR) is 87.5 cm³/mol. The van der Waals surface area contributed by atoms with Crippen molar-refractivity contribution in [1.82, 2.24) is 9.80 Å². The predicted octanol–water partition coefficient (Wildman–Crippen LogP) is -0.0231. The van der Waals surface area contributed by atoms with Crippen molar-refractivity contribution in [2.24, 2.45) is 23.5 Å². The molecule has 24 heavy (non-hydrogen) atoms. The van der Waals surface area contributed by atoms with E-state index in [1.165, 1.54) is 4.90 Å². The van der Waals surface area contributed by atoms with E-state index in [0.717, 1.165) is 25.1 Å². The van der Waals surface area contributed by atoms with E-state index >= 15 is 0 Å². The molecule has 2 fully saturated rings. The number of hydrogen-bond acceptors (Lipinski definition) is 5. The van der Waals surface area contributed by atoms with Crippen LogP contribution in [-0.2, 0) is 9.59 Å². The number of amides is 1. The molecule has 1 amide bonds. The van der Waals surface area contributed by atoms with Crippen molar-refractivity contribution in [2.75, 3.05) is 19.6 Å². The largest absolute Gasteiger partial charge is 0.477 e. The molecule has 132 valence electrons. The van der Waals surface area contributed by atoms with Crippen LogP contribution < -0.4 is 5.73 Å². The van der Waals surface area contributed by atoms with E-state index in [1.54, 1.807) is 6.92 Å². The molecule has 3 aliphatic rings. The number of fused-ring (bicyclic) bond motifs is 1. The molecule has 3 aliphatic heterocycles. The number of aliphatic carboxylic acids is 1. The number of allylic oxidation sites excluding steroid dienone is 1. The lowest BCUT2D eigenvalue weighted by atomic mass is 9.77. The average Bonchev–Trinajstić information content (AvgIpc) is 2.65. The monoisotopic (exact) mass is 335 g/mol. The molecule has 0 radical (unpaired) electrons. The van der Waals surface area contributed by atoms with Gasteiger partial charge in [0, 0.05) is 31.2 Å². The topological polar surface area (TPSA) is 107 Å². The second-order valence-corrected chi connectivity index (χ2v) is 7.36. The summed E-state index contributed by atoms with van der Waals surface area (Å²) >= 11 is 0. The zero-order valence-electron chi connectivity index (χ0n) is 14.1. The highest BCUT2D eigenvalue weighted by molar-refractivity contribution is 6.00. The highest BCUT2D eigenvalue weighted by Gasteiger charge is 2.59. The lowest BCUT2D eigenvalue weighted by Crippen LogP contribution is -2.63. The molecule has 0 aliphatic carbocycles. The number of aliphatic hydroxyl groups excluding tert-OH is 1. The van der Waals surface area contributed by atoms with Gasteiger partial charge in [0.05, 0.1) is 18.1 Å². The molecule has 0 aromatic heterocycles. The van der Waals surface area contributed by atoms with Crippen molar-refractivity contribution in [1.29, 1.82) is 0 Å². The van der Waals surface area contributed by atoms with Crippen LogP contribution >= 0.6 is 0 Å². The first-order valence-electron chi connectivity index (χ1n) is 8.35. The first-order valence-corrected chi connectivity index (χ1v) is 8.35. The van der Waals surface area contributed by atoms with Gasteiger partial charge in [-0.1, -0.05) is 13.5 Å². The van der Waals surface area contributed by atoms with Crippen molar-refractivity contribution in [3.8, 4) is 0 Å². The third kappa shape index (κ3) is 2.52. The number of nitrogens with zero attached hydrogens (tertiary/aromatic N) is 2. The van der Waals surface area contributed by atoms with Gasteiger partial charge in [0.15, 0.2) is 0 Å². The van der Waals surface area contributed by atoms with Gasteiger partial charge in [0.25, 0.3) is 0 Å². The summed E-state index contributed by atoms with van der Waals surface area (Å²) in [5.41, 5.74) is 7.20. The normalized spacial score (nSPS) is 31.5. The lowest BCUT2D eigenvalue weighted by molar-refractivity contribution is -0.163. The molecular weight excluding hydrogens is 310 g/mol. The number of carbonyl (C=O) groups excluding carboxylic acids is 1. The van der Waals surface area contributed by atoms with Crippen molar-refractivity contribution in [3.05, 3.63) is 23.5 Å². The second kappa shape index (κ2) is 5.89. The van der Waals surface area contributed by atoms with E-state index in [1.807, 2.05) is 6.92 Å². The van der Waals surface area contributed by atoms with Crippen LogP contribution in [0.25, 0.3) is 0 Å². The highest BCUT2D eigenvalue weighted by Crippen LogP contribution is 2.47. The van der Waals surface area contributed by atoms with Crippen LogP contribution in [0.3, 0.4) is 0 Å². The van der Waals surface area contributed by atoms with Gasteiger partial charge in [0.2, 0.25) is 5.91 Å². The van der Waals surface area contributed by atoms with Crippen molar-refractivity contribution >= 4 is 11.9 Å². The van der Waals surface area contributed by atoms with Crippen LogP contribution in [0, 0.1) is 17.8 Å². The van der Waals surface area contributed by atoms with Crippen molar-refractivity contribution < 1.29 is 19.8 Å². The third-order valence-electron chi connectivity index (χ3n) is 5.50. The average molecular weight is 335 g/mol. The molecule has 3 heterocycles. The van der Waals surface area contributed by atoms with Crippen LogP contribution in [0.5, 0.6) is 0 Å². The molecule has 0 aromatic rings. The maximum atomic E-state index is 12.3. The SMILES string of the molecule is C=C(N)CC1CN(CC2=C(C(=O)O)N3C(=O)C([C@@H](C)O)C3[C@H]2C)C1. The van der Waals surface area contributed by atoms with Gasteiger partial charge >= 0.3 is 5.97 Å². The summed E-state index contributed by atoms with van der Waals surface area (Å²) in [4.78, 5) is 27.5. The minimum Gasteiger partial charge on any atom is -0.477 e. The molecule has 4 atom stereocenters. The number of carboxylic acids is 1. The van der Waals surface area contributed by atoms with Gasteiger partial charge < -0.3 is 20.8 Å². The number of carboxylic acid groups (broad SMARTS) is 1. The van der Waals surface area contributed by atoms with Gasteiger partial charge in [-0.25, -0.2) is 4.79 Å². The van der Waals surface area contributed by atoms with E-state index in [0.29, 0.717) is 18.2 Å². The molecule has 0 bridgehead atoms. The Morgan fingerprint density at radius 2 is 2.08 bits per heavy atom. The van der Waals surface area contributed by atoms with Gasteiger partial charge in [-0.05, 0) is 24.8 Å². The Bertz CT molecular complexity index is 621. The summed E-state index contributed by atoms with van der Waals surface area (Å²) in [5.74, 6) is -1.44. The molecule has 2 unspecified atom stereocenters.